The van der Waals surface area contributed by atoms with E-state index >= 15 is 0 Å². The molecular weight excluding hydrogens is 969 g/mol. The number of fused-ring (bicyclic) bond motifs is 2. The van der Waals surface area contributed by atoms with Crippen molar-refractivity contribution in [2.45, 2.75) is 175 Å². The molecule has 22 heteroatoms. The van der Waals surface area contributed by atoms with Crippen molar-refractivity contribution < 1.29 is 89.1 Å². The summed E-state index contributed by atoms with van der Waals surface area (Å²) in [5.74, 6) is -6.63. The Morgan fingerprint density at radius 1 is 0.784 bits per heavy atom. The number of methoxy groups -OCH3 is 1. The van der Waals surface area contributed by atoms with E-state index in [4.69, 9.17) is 29.4 Å². The minimum Gasteiger partial charge on any atom is -0.467 e. The summed E-state index contributed by atoms with van der Waals surface area (Å²) in [6.07, 6.45) is 6.75. The maximum Gasteiger partial charge on any atom is 0.328 e. The van der Waals surface area contributed by atoms with E-state index in [1.807, 2.05) is 13.0 Å². The minimum atomic E-state index is -2.38. The highest BCUT2D eigenvalue weighted by molar-refractivity contribution is 5.86. The molecule has 1 aromatic heterocycles. The predicted molar refractivity (Wildman–Crippen MR) is 266 cm³/mol. The van der Waals surface area contributed by atoms with Crippen LogP contribution in [-0.2, 0) is 44.5 Å². The van der Waals surface area contributed by atoms with E-state index in [0.717, 1.165) is 7.11 Å². The first-order chi connectivity index (χ1) is 35.2. The number of aliphatic hydroxyl groups excluding tert-OH is 9. The molecule has 3 aliphatic rings. The first-order valence-corrected chi connectivity index (χ1v) is 25.0. The van der Waals surface area contributed by atoms with Crippen LogP contribution in [-0.4, -0.2) is 190 Å². The Hall–Kier alpha value is -4.76. The van der Waals surface area contributed by atoms with Crippen molar-refractivity contribution in [3.8, 4) is 0 Å². The van der Waals surface area contributed by atoms with Crippen LogP contribution in [0.2, 0.25) is 0 Å². The van der Waals surface area contributed by atoms with E-state index in [9.17, 15) is 65.4 Å². The van der Waals surface area contributed by atoms with Gasteiger partial charge >= 0.3 is 11.9 Å². The lowest BCUT2D eigenvalue weighted by atomic mass is 9.82. The lowest BCUT2D eigenvalue weighted by Crippen LogP contribution is -2.60. The van der Waals surface area contributed by atoms with Crippen molar-refractivity contribution >= 4 is 17.8 Å². The van der Waals surface area contributed by atoms with E-state index in [1.165, 1.54) is 18.6 Å². The van der Waals surface area contributed by atoms with Crippen LogP contribution in [0, 0.1) is 11.8 Å². The fraction of sp³-hybridized carbons (Fsp3) is 0.615. The third kappa shape index (κ3) is 21.1. The lowest BCUT2D eigenvalue weighted by molar-refractivity contribution is -0.304. The number of H-pyrrole nitrogens is 1. The topological polar surface area (TPSA) is 366 Å². The number of imidazole rings is 1. The van der Waals surface area contributed by atoms with Crippen molar-refractivity contribution in [1.29, 1.82) is 0 Å². The summed E-state index contributed by atoms with van der Waals surface area (Å²) in [5, 5.41) is 112. The molecule has 2 bridgehead atoms. The van der Waals surface area contributed by atoms with Gasteiger partial charge in [-0.15, -0.1) is 0 Å². The van der Waals surface area contributed by atoms with Crippen LogP contribution in [0.1, 0.15) is 77.3 Å². The number of aromatic nitrogens is 2. The summed E-state index contributed by atoms with van der Waals surface area (Å²) in [6.45, 7) is 3.14. The van der Waals surface area contributed by atoms with E-state index in [0.29, 0.717) is 5.69 Å². The molecule has 4 rings (SSSR count). The van der Waals surface area contributed by atoms with Gasteiger partial charge in [-0.3, -0.25) is 9.59 Å². The number of aliphatic hydroxyl groups is 10. The molecule has 0 radical (unpaired) electrons. The Morgan fingerprint density at radius 3 is 2.04 bits per heavy atom. The molecule has 0 saturated carbocycles. The molecule has 414 valence electrons. The smallest absolute Gasteiger partial charge is 0.328 e. The standard InChI is InChI=1S/C52H78N4O18/c1-31-16-14-12-10-8-6-4-5-7-9-11-13-15-17-37(73-51-48(66)47(53)43(64)29-71-51)25-44-46(49(67)56-38(50(68)70-3)21-33-28-54-30-55-33)42(63)27-52(69,74-44)26-36(59)23-41(62)39(60)19-18-34(57)22-35(58)24-45(65)72-32(2)20-40(31)61/h4-17,28,30-32,34-44,46-48,51,57-64,66,69H,18-27,29,53H2,1-3H3,(H,54,55)(H,56,67)/b5-4+,8-6+,9-7+,12-10+,13-11+,16-14+,17-15+/t31-,32-,34?,35?,36?,37?,38-,39?,40-,41?,42-,43+,44-,46+,47-,48+,51-,52?/m0/s1. The molecule has 22 nitrogen and oxygen atoms in total. The Balaban J connectivity index is 1.63. The predicted octanol–water partition coefficient (Wildman–Crippen LogP) is -0.384. The molecule has 1 aromatic rings. The summed E-state index contributed by atoms with van der Waals surface area (Å²) in [5.41, 5.74) is 6.50. The molecule has 7 unspecified atom stereocenters. The molecule has 74 heavy (non-hydrogen) atoms. The molecule has 0 spiro atoms. The summed E-state index contributed by atoms with van der Waals surface area (Å²) in [6, 6.07) is -2.44. The van der Waals surface area contributed by atoms with Crippen LogP contribution in [0.4, 0.5) is 0 Å². The molecular formula is C52H78N4O18. The highest BCUT2D eigenvalue weighted by Gasteiger charge is 2.51. The highest BCUT2D eigenvalue weighted by atomic mass is 16.7. The number of rotatable bonds is 7. The number of nitrogens with zero attached hydrogens (tertiary/aromatic N) is 1. The zero-order valence-electron chi connectivity index (χ0n) is 42.1. The molecule has 2 fully saturated rings. The highest BCUT2D eigenvalue weighted by Crippen LogP contribution is 2.38. The number of cyclic esters (lactones) is 1. The van der Waals surface area contributed by atoms with Crippen molar-refractivity contribution in [3.05, 3.63) is 103 Å². The Kier molecular flexibility index (Phi) is 26.2. The average Bonchev–Trinajstić information content (AvgIpc) is 3.85. The molecule has 4 heterocycles. The molecule has 2 saturated heterocycles. The quantitative estimate of drug-likeness (QED) is 0.155. The summed E-state index contributed by atoms with van der Waals surface area (Å²) >= 11 is 0. The number of aromatic amines is 1. The van der Waals surface area contributed by atoms with Crippen LogP contribution < -0.4 is 11.1 Å². The fourth-order valence-electron chi connectivity index (χ4n) is 8.73. The van der Waals surface area contributed by atoms with Gasteiger partial charge in [-0.1, -0.05) is 92.0 Å². The average molecular weight is 1050 g/mol. The third-order valence-electron chi connectivity index (χ3n) is 12.9. The molecule has 3 aliphatic heterocycles. The molecule has 14 N–H and O–H groups in total. The monoisotopic (exact) mass is 1050 g/mol. The van der Waals surface area contributed by atoms with Crippen LogP contribution in [0.3, 0.4) is 0 Å². The number of carbonyl (C=O) groups is 3. The molecule has 1 amide bonds. The van der Waals surface area contributed by atoms with Crippen molar-refractivity contribution in [2.75, 3.05) is 13.7 Å². The largest absolute Gasteiger partial charge is 0.467 e. The van der Waals surface area contributed by atoms with Gasteiger partial charge in [-0.25, -0.2) is 9.78 Å². The number of amides is 1. The molecule has 0 aliphatic carbocycles. The molecule has 0 aromatic carbocycles. The fourth-order valence-corrected chi connectivity index (χ4v) is 8.73. The van der Waals surface area contributed by atoms with Gasteiger partial charge in [0.2, 0.25) is 5.91 Å². The van der Waals surface area contributed by atoms with Gasteiger partial charge in [-0.05, 0) is 26.2 Å². The van der Waals surface area contributed by atoms with Gasteiger partial charge in [-0.2, -0.15) is 0 Å². The number of ether oxygens (including phenoxy) is 5. The molecule has 18 atom stereocenters. The van der Waals surface area contributed by atoms with Crippen molar-refractivity contribution in [2.24, 2.45) is 17.6 Å². The van der Waals surface area contributed by atoms with E-state index in [2.05, 4.69) is 15.3 Å². The Morgan fingerprint density at radius 2 is 1.42 bits per heavy atom. The Labute approximate surface area is 431 Å². The maximum atomic E-state index is 14.3. The van der Waals surface area contributed by atoms with E-state index < -0.39 is 147 Å². The lowest BCUT2D eigenvalue weighted by Gasteiger charge is -2.46. The maximum absolute atomic E-state index is 14.3. The van der Waals surface area contributed by atoms with Crippen molar-refractivity contribution in [1.82, 2.24) is 15.3 Å². The SMILES string of the molecule is COC(=O)[C@H](Cc1cnc[nH]1)NC(=O)[C@H]1[C@@H]2CC(O[C@@H]3OC[C@@H](O)[C@H](N)[C@H]3O)/C=C/C=C/C=C/C=C/C=C/C=C/C=C/[C@H](C)[C@@H](O)C[C@H](C)OC(=O)CC(O)CC(O)CCC(O)C(O)CC(O)CC(O)(C[C@@H]1O)O2. The second-order valence-electron chi connectivity index (χ2n) is 19.2. The van der Waals surface area contributed by atoms with Crippen LogP contribution in [0.25, 0.3) is 0 Å². The van der Waals surface area contributed by atoms with Gasteiger partial charge in [0, 0.05) is 56.3 Å². The van der Waals surface area contributed by atoms with Gasteiger partial charge in [0.15, 0.2) is 12.1 Å². The third-order valence-corrected chi connectivity index (χ3v) is 12.9. The zero-order valence-corrected chi connectivity index (χ0v) is 42.1. The second-order valence-corrected chi connectivity index (χ2v) is 19.2. The number of nitrogens with two attached hydrogens (primary N) is 1. The van der Waals surface area contributed by atoms with E-state index in [1.54, 1.807) is 79.8 Å². The summed E-state index contributed by atoms with van der Waals surface area (Å²) in [4.78, 5) is 46.6. The van der Waals surface area contributed by atoms with Crippen LogP contribution in [0.15, 0.2) is 97.6 Å². The van der Waals surface area contributed by atoms with Gasteiger partial charge in [0.05, 0.1) is 99.5 Å². The second kappa shape index (κ2) is 31.3. The van der Waals surface area contributed by atoms with Gasteiger partial charge in [0.1, 0.15) is 18.2 Å². The number of hydrogen-bond donors (Lipinski definition) is 13. The van der Waals surface area contributed by atoms with Gasteiger partial charge in [0.25, 0.3) is 0 Å². The minimum absolute atomic E-state index is 0.0831. The van der Waals surface area contributed by atoms with Crippen molar-refractivity contribution in [3.63, 3.8) is 0 Å². The summed E-state index contributed by atoms with van der Waals surface area (Å²) < 4.78 is 28.3. The van der Waals surface area contributed by atoms with Gasteiger partial charge < -0.3 is 90.8 Å². The number of carbonyl (C=O) groups excluding carboxylic acids is 3. The number of nitrogens with one attached hydrogen (secondary N) is 2. The number of hydrogen-bond acceptors (Lipinski definition) is 20. The number of esters is 2. The first-order valence-electron chi connectivity index (χ1n) is 25.0. The first kappa shape index (κ1) is 61.8. The Bertz CT molecular complexity index is 2060. The zero-order chi connectivity index (χ0) is 54.4. The van der Waals surface area contributed by atoms with E-state index in [-0.39, 0.29) is 51.0 Å². The van der Waals surface area contributed by atoms with Crippen LogP contribution >= 0.6 is 0 Å². The summed E-state index contributed by atoms with van der Waals surface area (Å²) in [7, 11) is 1.13. The normalized spacial score (nSPS) is 39.7. The number of allylic oxidation sites excluding steroid dienone is 12. The van der Waals surface area contributed by atoms with Crippen LogP contribution in [0.5, 0.6) is 0 Å².